The van der Waals surface area contributed by atoms with E-state index in [0.29, 0.717) is 11.5 Å². The zero-order chi connectivity index (χ0) is 42.5. The van der Waals surface area contributed by atoms with Gasteiger partial charge in [0.2, 0.25) is 0 Å². The minimum absolute atomic E-state index is 0. The van der Waals surface area contributed by atoms with Crippen LogP contribution in [0, 0.1) is 32.3 Å². The Morgan fingerprint density at radius 2 is 1.22 bits per heavy atom. The summed E-state index contributed by atoms with van der Waals surface area (Å²) in [5, 5.41) is 2.44. The monoisotopic (exact) mass is 1020 g/mol. The van der Waals surface area contributed by atoms with Gasteiger partial charge >= 0.3 is 6.98 Å². The second-order valence-electron chi connectivity index (χ2n) is 16.5. The van der Waals surface area contributed by atoms with E-state index >= 15 is 0 Å². The number of aromatic nitrogens is 4. The van der Waals surface area contributed by atoms with Crippen molar-refractivity contribution in [1.29, 1.82) is 0 Å². The molecule has 0 aliphatic carbocycles. The van der Waals surface area contributed by atoms with Crippen LogP contribution in [0.2, 0.25) is 0 Å². The average Bonchev–Trinajstić information content (AvgIpc) is 4.00. The quantitative estimate of drug-likeness (QED) is 0.0946. The maximum Gasteiger partial charge on any atom is 0.409 e. The molecule has 13 rings (SSSR count). The van der Waals surface area contributed by atoms with Crippen LogP contribution in [0.4, 0.5) is 22.9 Å². The van der Waals surface area contributed by atoms with Crippen molar-refractivity contribution in [1.82, 2.24) is 14.1 Å². The number of imidazole rings is 1. The van der Waals surface area contributed by atoms with Crippen molar-refractivity contribution in [3.63, 3.8) is 0 Å². The van der Waals surface area contributed by atoms with Crippen molar-refractivity contribution in [2.75, 3.05) is 9.62 Å². The summed E-state index contributed by atoms with van der Waals surface area (Å²) in [6.07, 6.45) is 5.61. The summed E-state index contributed by atoms with van der Waals surface area (Å²) in [6.45, 7) is 4.21. The molecule has 2 aliphatic rings. The molecule has 0 saturated heterocycles. The number of nitrogens with zero attached hydrogens (tertiary/aromatic N) is 6. The fraction of sp³-hybridized carbons (Fsp3) is 0.0357. The number of hydrogen-bond donors (Lipinski definition) is 0. The topological polar surface area (TPSA) is 42.3 Å². The largest absolute Gasteiger partial charge is 0.510 e. The Labute approximate surface area is 391 Å². The molecule has 0 spiro atoms. The molecule has 0 bridgehead atoms. The minimum atomic E-state index is -0.167. The second kappa shape index (κ2) is 15.3. The molecule has 8 aromatic carbocycles. The van der Waals surface area contributed by atoms with Crippen molar-refractivity contribution >= 4 is 68.2 Å². The molecular formula is C56H37BN6OPt-2. The van der Waals surface area contributed by atoms with Crippen LogP contribution in [0.25, 0.3) is 61.0 Å². The Balaban J connectivity index is 0.00000444. The normalized spacial score (nSPS) is 12.6. The van der Waals surface area contributed by atoms with Gasteiger partial charge in [0, 0.05) is 60.8 Å². The molecular weight excluding hydrogens is 979 g/mol. The van der Waals surface area contributed by atoms with E-state index in [2.05, 4.69) is 207 Å². The molecule has 0 fully saturated rings. The molecule has 5 heterocycles. The van der Waals surface area contributed by atoms with Gasteiger partial charge in [0.1, 0.15) is 5.82 Å². The molecule has 312 valence electrons. The predicted molar refractivity (Wildman–Crippen MR) is 257 cm³/mol. The summed E-state index contributed by atoms with van der Waals surface area (Å²) in [5.41, 5.74) is 16.2. The summed E-state index contributed by atoms with van der Waals surface area (Å²) >= 11 is 0. The Morgan fingerprint density at radius 3 is 2.03 bits per heavy atom. The zero-order valence-electron chi connectivity index (χ0n) is 35.4. The SMILES string of the molecule is Cc1cccc(C)c1N1B2c3ccccc3-c3cccnc3N2c2[c-]c(Oc3[c-]c(-n4[c-][n+](-c5ccccc5-n5c6ccccc6c6ccccc65)c5ccccc54)ccc3)ccc21.[Pt]. The predicted octanol–water partition coefficient (Wildman–Crippen LogP) is 11.9. The average molecular weight is 1020 g/mol. The molecule has 0 radical (unpaired) electrons. The fourth-order valence-corrected chi connectivity index (χ4v) is 10.1. The molecule has 65 heavy (non-hydrogen) atoms. The summed E-state index contributed by atoms with van der Waals surface area (Å²) in [6, 6.07) is 71.1. The third-order valence-electron chi connectivity index (χ3n) is 12.8. The van der Waals surface area contributed by atoms with E-state index < -0.39 is 0 Å². The molecule has 0 amide bonds. The third-order valence-corrected chi connectivity index (χ3v) is 12.8. The second-order valence-corrected chi connectivity index (χ2v) is 16.5. The number of hydrogen-bond acceptors (Lipinski definition) is 4. The number of rotatable bonds is 6. The molecule has 0 saturated carbocycles. The Kier molecular flexibility index (Phi) is 9.14. The number of pyridine rings is 1. The van der Waals surface area contributed by atoms with E-state index in [9.17, 15) is 0 Å². The Hall–Kier alpha value is -7.67. The van der Waals surface area contributed by atoms with Gasteiger partial charge in [-0.3, -0.25) is 4.57 Å². The van der Waals surface area contributed by atoms with Crippen LogP contribution in [0.15, 0.2) is 188 Å². The van der Waals surface area contributed by atoms with E-state index in [1.807, 2.05) is 36.5 Å². The molecule has 2 aliphatic heterocycles. The van der Waals surface area contributed by atoms with Gasteiger partial charge in [-0.05, 0) is 78.1 Å². The van der Waals surface area contributed by atoms with E-state index in [4.69, 9.17) is 9.72 Å². The minimum Gasteiger partial charge on any atom is -0.510 e. The smallest absolute Gasteiger partial charge is 0.409 e. The van der Waals surface area contributed by atoms with Gasteiger partial charge in [0.25, 0.3) is 6.33 Å². The van der Waals surface area contributed by atoms with Crippen molar-refractivity contribution in [3.05, 3.63) is 218 Å². The van der Waals surface area contributed by atoms with Crippen LogP contribution in [0.1, 0.15) is 11.1 Å². The van der Waals surface area contributed by atoms with Gasteiger partial charge in [-0.15, -0.1) is 30.3 Å². The third kappa shape index (κ3) is 5.94. The fourth-order valence-electron chi connectivity index (χ4n) is 10.1. The number of ether oxygens (including phenoxy) is 1. The summed E-state index contributed by atoms with van der Waals surface area (Å²) in [7, 11) is 0. The molecule has 3 aromatic heterocycles. The molecule has 0 unspecified atom stereocenters. The van der Waals surface area contributed by atoms with Crippen molar-refractivity contribution in [2.24, 2.45) is 0 Å². The number of fused-ring (bicyclic) bond motifs is 12. The Bertz CT molecular complexity index is 3620. The zero-order valence-corrected chi connectivity index (χ0v) is 37.7. The first-order valence-electron chi connectivity index (χ1n) is 21.6. The van der Waals surface area contributed by atoms with E-state index in [-0.39, 0.29) is 28.0 Å². The maximum atomic E-state index is 6.73. The van der Waals surface area contributed by atoms with Gasteiger partial charge in [-0.1, -0.05) is 127 Å². The summed E-state index contributed by atoms with van der Waals surface area (Å²) < 4.78 is 13.3. The first kappa shape index (κ1) is 39.0. The molecule has 7 nitrogen and oxygen atoms in total. The number of para-hydroxylation sites is 7. The van der Waals surface area contributed by atoms with E-state index in [1.54, 1.807) is 0 Å². The standard InChI is InChI=1S/C56H37BN6O.Pt/c1-37-16-13-17-38(2)55(37)62-53-32-31-41(35-54(53)63-56-45(23-15-33-58-56)42-20-3-6-24-46(42)57(62)63)64-40-19-14-18-39(34-40)59-36-60(50-28-10-9-27-49(50)59)51-29-11-12-30-52(51)61-47-25-7-4-21-43(47)44-22-5-8-26-48(44)61;/h3-33H,1-2H3;/q-2;. The van der Waals surface area contributed by atoms with Crippen LogP contribution in [-0.2, 0) is 21.1 Å². The van der Waals surface area contributed by atoms with E-state index in [0.717, 1.165) is 61.9 Å². The van der Waals surface area contributed by atoms with Gasteiger partial charge in [-0.25, -0.2) is 4.98 Å². The first-order valence-corrected chi connectivity index (χ1v) is 21.6. The van der Waals surface area contributed by atoms with Crippen LogP contribution in [0.3, 0.4) is 0 Å². The summed E-state index contributed by atoms with van der Waals surface area (Å²) in [4.78, 5) is 9.78. The van der Waals surface area contributed by atoms with Gasteiger partial charge in [0.05, 0.1) is 33.4 Å². The number of benzene rings is 8. The van der Waals surface area contributed by atoms with Crippen LogP contribution in [-0.4, -0.2) is 21.1 Å². The number of anilines is 4. The van der Waals surface area contributed by atoms with Crippen molar-refractivity contribution < 1.29 is 30.4 Å². The first-order chi connectivity index (χ1) is 31.6. The number of aryl methyl sites for hydroxylation is 2. The van der Waals surface area contributed by atoms with Crippen molar-refractivity contribution in [2.45, 2.75) is 13.8 Å². The molecule has 9 heteroatoms. The maximum absolute atomic E-state index is 6.73. The van der Waals surface area contributed by atoms with E-state index in [1.165, 1.54) is 38.6 Å². The molecule has 0 N–H and O–H groups in total. The van der Waals surface area contributed by atoms with Gasteiger partial charge < -0.3 is 23.5 Å². The van der Waals surface area contributed by atoms with Crippen LogP contribution in [0.5, 0.6) is 11.5 Å². The molecule has 0 atom stereocenters. The Morgan fingerprint density at radius 1 is 0.554 bits per heavy atom. The molecule has 11 aromatic rings. The van der Waals surface area contributed by atoms with Crippen molar-refractivity contribution in [3.8, 4) is 39.7 Å². The van der Waals surface area contributed by atoms with Crippen LogP contribution < -0.4 is 24.4 Å². The van der Waals surface area contributed by atoms with Crippen LogP contribution >= 0.6 is 0 Å². The van der Waals surface area contributed by atoms with Gasteiger partial charge in [-0.2, -0.15) is 12.1 Å². The van der Waals surface area contributed by atoms with Gasteiger partial charge in [0.15, 0.2) is 0 Å². The summed E-state index contributed by atoms with van der Waals surface area (Å²) in [5.74, 6) is 2.05.